The molecule has 120 valence electrons. The minimum atomic E-state index is 0.277. The number of aromatic nitrogens is 1. The highest BCUT2D eigenvalue weighted by molar-refractivity contribution is 6.31. The molecule has 0 amide bonds. The van der Waals surface area contributed by atoms with Crippen molar-refractivity contribution in [2.45, 2.75) is 51.5 Å². The standard InChI is InChI=1S/C19H27ClN2/c1-5-22-17-9-8-14(20)13-16(17)15-7-6-10-19(2,18(15)22)11-12-21(3)4/h8-9,13H,5-7,10-12H2,1-4H3. The van der Waals surface area contributed by atoms with E-state index in [0.29, 0.717) is 0 Å². The van der Waals surface area contributed by atoms with E-state index < -0.39 is 0 Å². The summed E-state index contributed by atoms with van der Waals surface area (Å²) in [6, 6.07) is 6.39. The highest BCUT2D eigenvalue weighted by Crippen LogP contribution is 2.44. The molecule has 0 saturated carbocycles. The van der Waals surface area contributed by atoms with Crippen LogP contribution in [0.4, 0.5) is 0 Å². The first-order valence-corrected chi connectivity index (χ1v) is 8.80. The van der Waals surface area contributed by atoms with Crippen molar-refractivity contribution in [1.82, 2.24) is 9.47 Å². The molecule has 0 bridgehead atoms. The molecule has 22 heavy (non-hydrogen) atoms. The van der Waals surface area contributed by atoms with Crippen LogP contribution in [-0.4, -0.2) is 30.1 Å². The van der Waals surface area contributed by atoms with Gasteiger partial charge in [-0.3, -0.25) is 0 Å². The van der Waals surface area contributed by atoms with Gasteiger partial charge in [-0.15, -0.1) is 0 Å². The first-order chi connectivity index (χ1) is 10.5. The Balaban J connectivity index is 2.18. The topological polar surface area (TPSA) is 8.17 Å². The Kier molecular flexibility index (Phi) is 4.26. The van der Waals surface area contributed by atoms with E-state index in [2.05, 4.69) is 49.5 Å². The summed E-state index contributed by atoms with van der Waals surface area (Å²) < 4.78 is 2.54. The summed E-state index contributed by atoms with van der Waals surface area (Å²) in [5.41, 5.74) is 4.75. The fourth-order valence-electron chi connectivity index (χ4n) is 4.16. The average Bonchev–Trinajstić information content (AvgIpc) is 2.80. The predicted molar refractivity (Wildman–Crippen MR) is 96.1 cm³/mol. The summed E-state index contributed by atoms with van der Waals surface area (Å²) >= 11 is 6.27. The van der Waals surface area contributed by atoms with E-state index in [1.54, 1.807) is 11.3 Å². The fraction of sp³-hybridized carbons (Fsp3) is 0.579. The van der Waals surface area contributed by atoms with Gasteiger partial charge < -0.3 is 9.47 Å². The third kappa shape index (κ3) is 2.57. The van der Waals surface area contributed by atoms with Crippen molar-refractivity contribution in [2.75, 3.05) is 20.6 Å². The van der Waals surface area contributed by atoms with Crippen molar-refractivity contribution < 1.29 is 0 Å². The van der Waals surface area contributed by atoms with Crippen LogP contribution in [0.15, 0.2) is 18.2 Å². The predicted octanol–water partition coefficient (Wildman–Crippen LogP) is 4.86. The number of benzene rings is 1. The lowest BCUT2D eigenvalue weighted by Gasteiger charge is -2.37. The van der Waals surface area contributed by atoms with E-state index in [9.17, 15) is 0 Å². The zero-order valence-corrected chi connectivity index (χ0v) is 15.0. The van der Waals surface area contributed by atoms with Crippen molar-refractivity contribution >= 4 is 22.5 Å². The molecule has 1 aromatic carbocycles. The molecular formula is C19H27ClN2. The van der Waals surface area contributed by atoms with Gasteiger partial charge in [0.1, 0.15) is 0 Å². The molecule has 1 heterocycles. The Morgan fingerprint density at radius 1 is 1.32 bits per heavy atom. The zero-order valence-electron chi connectivity index (χ0n) is 14.2. The first kappa shape index (κ1) is 15.9. The van der Waals surface area contributed by atoms with Crippen LogP contribution in [0.3, 0.4) is 0 Å². The van der Waals surface area contributed by atoms with Gasteiger partial charge in [0.15, 0.2) is 0 Å². The maximum absolute atomic E-state index is 6.27. The maximum Gasteiger partial charge on any atom is 0.0486 e. The molecule has 3 rings (SSSR count). The summed E-state index contributed by atoms with van der Waals surface area (Å²) in [5.74, 6) is 0. The van der Waals surface area contributed by atoms with Gasteiger partial charge in [0.25, 0.3) is 0 Å². The Bertz CT molecular complexity index is 686. The summed E-state index contributed by atoms with van der Waals surface area (Å²) in [6.45, 7) is 6.89. The van der Waals surface area contributed by atoms with Crippen molar-refractivity contribution in [2.24, 2.45) is 0 Å². The molecule has 0 radical (unpaired) electrons. The summed E-state index contributed by atoms with van der Waals surface area (Å²) in [6.07, 6.45) is 4.98. The molecule has 2 aromatic rings. The molecule has 1 unspecified atom stereocenters. The molecule has 0 aliphatic heterocycles. The van der Waals surface area contributed by atoms with E-state index in [4.69, 9.17) is 11.6 Å². The average molecular weight is 319 g/mol. The molecule has 1 aliphatic rings. The largest absolute Gasteiger partial charge is 0.344 e. The molecule has 0 saturated heterocycles. The minimum absolute atomic E-state index is 0.277. The molecule has 1 aliphatic carbocycles. The lowest BCUT2D eigenvalue weighted by atomic mass is 9.72. The van der Waals surface area contributed by atoms with E-state index in [0.717, 1.165) is 18.1 Å². The number of hydrogen-bond acceptors (Lipinski definition) is 1. The Labute approximate surface area is 139 Å². The monoisotopic (exact) mass is 318 g/mol. The second-order valence-electron chi connectivity index (χ2n) is 7.20. The van der Waals surface area contributed by atoms with Gasteiger partial charge >= 0.3 is 0 Å². The number of rotatable bonds is 4. The van der Waals surface area contributed by atoms with Crippen LogP contribution in [0.1, 0.15) is 44.4 Å². The van der Waals surface area contributed by atoms with Crippen LogP contribution in [0.25, 0.3) is 10.9 Å². The molecule has 0 spiro atoms. The van der Waals surface area contributed by atoms with Crippen molar-refractivity contribution in [1.29, 1.82) is 0 Å². The fourth-order valence-corrected chi connectivity index (χ4v) is 4.33. The second-order valence-corrected chi connectivity index (χ2v) is 7.64. The van der Waals surface area contributed by atoms with Gasteiger partial charge in [-0.05, 0) is 77.0 Å². The Morgan fingerprint density at radius 2 is 2.09 bits per heavy atom. The molecular weight excluding hydrogens is 292 g/mol. The maximum atomic E-state index is 6.27. The second kappa shape index (κ2) is 5.90. The lowest BCUT2D eigenvalue weighted by Crippen LogP contribution is -2.33. The van der Waals surface area contributed by atoms with Crippen LogP contribution in [0.2, 0.25) is 5.02 Å². The quantitative estimate of drug-likeness (QED) is 0.781. The molecule has 1 atom stereocenters. The summed E-state index contributed by atoms with van der Waals surface area (Å²) in [5, 5.41) is 2.23. The molecule has 2 nitrogen and oxygen atoms in total. The Hall–Kier alpha value is -0.990. The van der Waals surface area contributed by atoms with Gasteiger partial charge in [-0.1, -0.05) is 18.5 Å². The molecule has 0 N–H and O–H groups in total. The third-order valence-corrected chi connectivity index (χ3v) is 5.52. The molecule has 3 heteroatoms. The van der Waals surface area contributed by atoms with Crippen LogP contribution >= 0.6 is 11.6 Å². The summed E-state index contributed by atoms with van der Waals surface area (Å²) in [4.78, 5) is 2.30. The van der Waals surface area contributed by atoms with Crippen LogP contribution in [0.5, 0.6) is 0 Å². The number of hydrogen-bond donors (Lipinski definition) is 0. The van der Waals surface area contributed by atoms with Gasteiger partial charge in [0.05, 0.1) is 0 Å². The van der Waals surface area contributed by atoms with E-state index in [1.165, 1.54) is 36.6 Å². The van der Waals surface area contributed by atoms with Crippen LogP contribution in [-0.2, 0) is 18.4 Å². The van der Waals surface area contributed by atoms with Crippen molar-refractivity contribution in [3.8, 4) is 0 Å². The van der Waals surface area contributed by atoms with Crippen molar-refractivity contribution in [3.63, 3.8) is 0 Å². The number of fused-ring (bicyclic) bond motifs is 3. The zero-order chi connectivity index (χ0) is 15.9. The van der Waals surface area contributed by atoms with Crippen LogP contribution < -0.4 is 0 Å². The SMILES string of the molecule is CCn1c2c(c3cc(Cl)ccc31)CCCC2(C)CCN(C)C. The van der Waals surface area contributed by atoms with Gasteiger partial charge in [-0.2, -0.15) is 0 Å². The van der Waals surface area contributed by atoms with E-state index in [-0.39, 0.29) is 5.41 Å². The van der Waals surface area contributed by atoms with Gasteiger partial charge in [-0.25, -0.2) is 0 Å². The lowest BCUT2D eigenvalue weighted by molar-refractivity contribution is 0.289. The van der Waals surface area contributed by atoms with Crippen LogP contribution in [0, 0.1) is 0 Å². The normalized spacial score (nSPS) is 21.5. The van der Waals surface area contributed by atoms with Gasteiger partial charge in [0.2, 0.25) is 0 Å². The highest BCUT2D eigenvalue weighted by atomic mass is 35.5. The number of nitrogens with zero attached hydrogens (tertiary/aromatic N) is 2. The Morgan fingerprint density at radius 3 is 2.77 bits per heavy atom. The number of halogens is 1. The molecule has 1 aromatic heterocycles. The smallest absolute Gasteiger partial charge is 0.0486 e. The first-order valence-electron chi connectivity index (χ1n) is 8.42. The van der Waals surface area contributed by atoms with Gasteiger partial charge in [0, 0.05) is 33.6 Å². The number of aryl methyl sites for hydroxylation is 2. The highest BCUT2D eigenvalue weighted by Gasteiger charge is 2.36. The molecule has 0 fully saturated rings. The van der Waals surface area contributed by atoms with Crippen molar-refractivity contribution in [3.05, 3.63) is 34.5 Å². The van der Waals surface area contributed by atoms with E-state index >= 15 is 0 Å². The third-order valence-electron chi connectivity index (χ3n) is 5.28. The summed E-state index contributed by atoms with van der Waals surface area (Å²) in [7, 11) is 4.34. The minimum Gasteiger partial charge on any atom is -0.344 e. The van der Waals surface area contributed by atoms with E-state index in [1.807, 2.05) is 6.07 Å².